The first-order valence-electron chi connectivity index (χ1n) is 11.6. The zero-order chi connectivity index (χ0) is 29.4. The number of aromatic nitrogens is 7. The SMILES string of the molecule is CC(=O)NC(=O)Cn1c(=O)c2c(ncn2[C@@H](C)C(O)Nc2cccc(-c3cnc(C(F)(F)F)nc3)n2)n(C)c1=O. The fraction of sp³-hybridized carbons (Fsp3) is 0.304. The third kappa shape index (κ3) is 5.58. The van der Waals surface area contributed by atoms with Gasteiger partial charge in [-0.1, -0.05) is 6.07 Å². The molecule has 0 aromatic carbocycles. The lowest BCUT2D eigenvalue weighted by Crippen LogP contribution is -2.44. The van der Waals surface area contributed by atoms with Crippen LogP contribution in [0.2, 0.25) is 0 Å². The Balaban J connectivity index is 1.61. The monoisotopic (exact) mass is 561 g/mol. The average molecular weight is 561 g/mol. The number of anilines is 1. The second-order valence-corrected chi connectivity index (χ2v) is 8.69. The van der Waals surface area contributed by atoms with Crippen LogP contribution >= 0.6 is 0 Å². The zero-order valence-electron chi connectivity index (χ0n) is 21.2. The van der Waals surface area contributed by atoms with Gasteiger partial charge < -0.3 is 15.0 Å². The van der Waals surface area contributed by atoms with E-state index in [-0.39, 0.29) is 28.2 Å². The van der Waals surface area contributed by atoms with Crippen molar-refractivity contribution >= 4 is 28.8 Å². The minimum atomic E-state index is -4.69. The summed E-state index contributed by atoms with van der Waals surface area (Å²) in [6.07, 6.45) is -2.88. The molecule has 0 fully saturated rings. The average Bonchev–Trinajstić information content (AvgIpc) is 3.34. The highest BCUT2D eigenvalue weighted by molar-refractivity contribution is 5.93. The maximum Gasteiger partial charge on any atom is 0.451 e. The number of amides is 2. The number of halogens is 3. The van der Waals surface area contributed by atoms with Crippen molar-refractivity contribution in [1.29, 1.82) is 0 Å². The number of fused-ring (bicyclic) bond motifs is 1. The molecule has 2 atom stereocenters. The maximum atomic E-state index is 13.2. The number of aliphatic hydroxyl groups excluding tert-OH is 1. The molecule has 2 amide bonds. The molecule has 1 unspecified atom stereocenters. The molecule has 4 aromatic rings. The second kappa shape index (κ2) is 10.7. The van der Waals surface area contributed by atoms with Gasteiger partial charge in [0.05, 0.1) is 18.1 Å². The first kappa shape index (κ1) is 28.1. The summed E-state index contributed by atoms with van der Waals surface area (Å²) in [5.41, 5.74) is -1.35. The number of rotatable bonds is 7. The van der Waals surface area contributed by atoms with Crippen LogP contribution in [-0.2, 0) is 29.4 Å². The molecule has 0 aliphatic heterocycles. The number of alkyl halides is 3. The van der Waals surface area contributed by atoms with E-state index in [0.29, 0.717) is 4.57 Å². The normalized spacial score (nSPS) is 13.2. The second-order valence-electron chi connectivity index (χ2n) is 8.69. The Kier molecular flexibility index (Phi) is 7.50. The molecule has 0 spiro atoms. The van der Waals surface area contributed by atoms with Crippen LogP contribution < -0.4 is 21.9 Å². The summed E-state index contributed by atoms with van der Waals surface area (Å²) < 4.78 is 41.3. The van der Waals surface area contributed by atoms with Crippen molar-refractivity contribution < 1.29 is 27.9 Å². The molecule has 0 radical (unpaired) electrons. The predicted octanol–water partition coefficient (Wildman–Crippen LogP) is 0.422. The van der Waals surface area contributed by atoms with Crippen LogP contribution in [0.5, 0.6) is 0 Å². The first-order valence-corrected chi connectivity index (χ1v) is 11.6. The molecular formula is C23H22F3N9O5. The number of aliphatic hydroxyl groups is 1. The van der Waals surface area contributed by atoms with Crippen LogP contribution in [0.4, 0.5) is 19.0 Å². The van der Waals surface area contributed by atoms with Crippen LogP contribution in [0, 0.1) is 0 Å². The molecule has 14 nitrogen and oxygen atoms in total. The highest BCUT2D eigenvalue weighted by atomic mass is 19.4. The van der Waals surface area contributed by atoms with E-state index in [1.807, 2.05) is 5.32 Å². The van der Waals surface area contributed by atoms with Crippen molar-refractivity contribution in [2.24, 2.45) is 7.05 Å². The van der Waals surface area contributed by atoms with E-state index in [4.69, 9.17) is 0 Å². The Morgan fingerprint density at radius 1 is 1.12 bits per heavy atom. The summed E-state index contributed by atoms with van der Waals surface area (Å²) >= 11 is 0. The van der Waals surface area contributed by atoms with Gasteiger partial charge in [-0.2, -0.15) is 13.2 Å². The Labute approximate surface area is 222 Å². The molecule has 3 N–H and O–H groups in total. The quantitative estimate of drug-likeness (QED) is 0.268. The molecule has 0 bridgehead atoms. The van der Waals surface area contributed by atoms with Crippen LogP contribution in [-0.4, -0.2) is 56.8 Å². The van der Waals surface area contributed by atoms with Gasteiger partial charge in [-0.25, -0.2) is 29.3 Å². The van der Waals surface area contributed by atoms with E-state index >= 15 is 0 Å². The number of hydrogen-bond donors (Lipinski definition) is 3. The molecule has 0 saturated carbocycles. The lowest BCUT2D eigenvalue weighted by atomic mass is 10.2. The van der Waals surface area contributed by atoms with Crippen LogP contribution in [0.1, 0.15) is 25.7 Å². The Bertz CT molecular complexity index is 1710. The molecule has 4 heterocycles. The number of carbonyl (C=O) groups is 2. The molecule has 0 saturated heterocycles. The number of aryl methyl sites for hydroxylation is 1. The molecular weight excluding hydrogens is 539 g/mol. The fourth-order valence-electron chi connectivity index (χ4n) is 3.82. The lowest BCUT2D eigenvalue weighted by Gasteiger charge is -2.22. The molecule has 0 aliphatic carbocycles. The summed E-state index contributed by atoms with van der Waals surface area (Å²) in [7, 11) is 1.35. The Hall–Kier alpha value is -4.93. The highest BCUT2D eigenvalue weighted by Gasteiger charge is 2.34. The number of nitrogens with zero attached hydrogens (tertiary/aromatic N) is 7. The molecule has 4 rings (SSSR count). The van der Waals surface area contributed by atoms with Crippen molar-refractivity contribution in [3.05, 3.63) is 63.6 Å². The van der Waals surface area contributed by atoms with Gasteiger partial charge in [-0.3, -0.25) is 24.3 Å². The van der Waals surface area contributed by atoms with Gasteiger partial charge in [0.15, 0.2) is 11.2 Å². The standard InChI is InChI=1S/C23H22F3N9O5/c1-11(19(38)32-15-6-4-5-14(31-15)13-7-27-21(28-8-13)23(24,25)26)35-10-29-18-17(35)20(39)34(22(40)33(18)3)9-16(37)30-12(2)36/h4-8,10-11,19,38H,9H2,1-3H3,(H,31,32)(H,30,36,37)/t11-,19?/m0/s1. The van der Waals surface area contributed by atoms with E-state index in [1.165, 1.54) is 30.1 Å². The minimum Gasteiger partial charge on any atom is -0.372 e. The van der Waals surface area contributed by atoms with Gasteiger partial charge in [0, 0.05) is 31.9 Å². The molecule has 210 valence electrons. The van der Waals surface area contributed by atoms with Gasteiger partial charge >= 0.3 is 11.9 Å². The van der Waals surface area contributed by atoms with Crippen LogP contribution in [0.3, 0.4) is 0 Å². The number of hydrogen-bond acceptors (Lipinski definition) is 10. The van der Waals surface area contributed by atoms with Crippen molar-refractivity contribution in [3.63, 3.8) is 0 Å². The van der Waals surface area contributed by atoms with E-state index in [9.17, 15) is 37.5 Å². The summed E-state index contributed by atoms with van der Waals surface area (Å²) in [6.45, 7) is 1.93. The van der Waals surface area contributed by atoms with Crippen LogP contribution in [0.25, 0.3) is 22.4 Å². The van der Waals surface area contributed by atoms with E-state index in [2.05, 4.69) is 25.3 Å². The number of nitrogens with one attached hydrogen (secondary N) is 2. The number of imide groups is 1. The fourth-order valence-corrected chi connectivity index (χ4v) is 3.82. The summed E-state index contributed by atoms with van der Waals surface area (Å²) in [5, 5.41) is 15.6. The molecule has 0 aliphatic rings. The van der Waals surface area contributed by atoms with Crippen LogP contribution in [0.15, 0.2) is 46.5 Å². The third-order valence-corrected chi connectivity index (χ3v) is 5.82. The molecule has 40 heavy (non-hydrogen) atoms. The minimum absolute atomic E-state index is 0.000276. The van der Waals surface area contributed by atoms with Crippen molar-refractivity contribution in [2.45, 2.75) is 38.8 Å². The van der Waals surface area contributed by atoms with E-state index in [0.717, 1.165) is 23.9 Å². The lowest BCUT2D eigenvalue weighted by molar-refractivity contribution is -0.145. The van der Waals surface area contributed by atoms with E-state index < -0.39 is 53.9 Å². The number of pyridine rings is 1. The van der Waals surface area contributed by atoms with Crippen molar-refractivity contribution in [1.82, 2.24) is 39.0 Å². The molecule has 17 heteroatoms. The van der Waals surface area contributed by atoms with E-state index in [1.54, 1.807) is 13.0 Å². The summed E-state index contributed by atoms with van der Waals surface area (Å²) in [4.78, 5) is 64.1. The predicted molar refractivity (Wildman–Crippen MR) is 133 cm³/mol. The highest BCUT2D eigenvalue weighted by Crippen LogP contribution is 2.27. The number of carbonyl (C=O) groups excluding carboxylic acids is 2. The maximum absolute atomic E-state index is 13.2. The first-order chi connectivity index (χ1) is 18.8. The van der Waals surface area contributed by atoms with Gasteiger partial charge in [-0.05, 0) is 19.1 Å². The van der Waals surface area contributed by atoms with Gasteiger partial charge in [0.2, 0.25) is 17.6 Å². The van der Waals surface area contributed by atoms with Gasteiger partial charge in [0.25, 0.3) is 5.56 Å². The Morgan fingerprint density at radius 3 is 2.42 bits per heavy atom. The van der Waals surface area contributed by atoms with Gasteiger partial charge in [0.1, 0.15) is 18.6 Å². The zero-order valence-corrected chi connectivity index (χ0v) is 21.2. The van der Waals surface area contributed by atoms with Gasteiger partial charge in [-0.15, -0.1) is 0 Å². The smallest absolute Gasteiger partial charge is 0.372 e. The summed E-state index contributed by atoms with van der Waals surface area (Å²) in [5.74, 6) is -2.67. The van der Waals surface area contributed by atoms with Crippen molar-refractivity contribution in [3.8, 4) is 11.3 Å². The third-order valence-electron chi connectivity index (χ3n) is 5.82. The molecule has 4 aromatic heterocycles. The largest absolute Gasteiger partial charge is 0.451 e. The topological polar surface area (TPSA) is 179 Å². The van der Waals surface area contributed by atoms with Crippen molar-refractivity contribution in [2.75, 3.05) is 5.32 Å². The Morgan fingerprint density at radius 2 is 1.80 bits per heavy atom. The summed E-state index contributed by atoms with van der Waals surface area (Å²) in [6, 6.07) is 3.68. The number of imidazole rings is 1.